The van der Waals surface area contributed by atoms with Gasteiger partial charge in [-0.1, -0.05) is 6.58 Å². The summed E-state index contributed by atoms with van der Waals surface area (Å²) >= 11 is 0. The molecule has 0 saturated heterocycles. The highest BCUT2D eigenvalue weighted by atomic mass is 15.0. The molecule has 0 atom stereocenters. The summed E-state index contributed by atoms with van der Waals surface area (Å²) in [5.41, 5.74) is 2.91. The SMILES string of the molecule is C=C(CNc1ccncc1)Nc1ccncc1. The third-order valence-corrected chi connectivity index (χ3v) is 2.19. The van der Waals surface area contributed by atoms with E-state index in [1.54, 1.807) is 24.8 Å². The Bertz CT molecular complexity index is 467. The molecule has 0 fully saturated rings. The Hall–Kier alpha value is -2.36. The lowest BCUT2D eigenvalue weighted by Crippen LogP contribution is -2.10. The molecular weight excluding hydrogens is 212 g/mol. The minimum absolute atomic E-state index is 0.659. The molecule has 0 aliphatic carbocycles. The normalized spacial score (nSPS) is 9.65. The van der Waals surface area contributed by atoms with Gasteiger partial charge in [0.05, 0.1) is 6.54 Å². The summed E-state index contributed by atoms with van der Waals surface area (Å²) in [4.78, 5) is 7.91. The molecule has 0 bridgehead atoms. The van der Waals surface area contributed by atoms with Gasteiger partial charge in [0.2, 0.25) is 0 Å². The number of nitrogens with one attached hydrogen (secondary N) is 2. The van der Waals surface area contributed by atoms with Crippen molar-refractivity contribution in [2.24, 2.45) is 0 Å². The van der Waals surface area contributed by atoms with Crippen LogP contribution in [-0.4, -0.2) is 16.5 Å². The van der Waals surface area contributed by atoms with Gasteiger partial charge in [-0.3, -0.25) is 9.97 Å². The lowest BCUT2D eigenvalue weighted by molar-refractivity contribution is 1.20. The van der Waals surface area contributed by atoms with Crippen LogP contribution in [0.1, 0.15) is 0 Å². The van der Waals surface area contributed by atoms with E-state index >= 15 is 0 Å². The van der Waals surface area contributed by atoms with Crippen molar-refractivity contribution in [3.8, 4) is 0 Å². The molecule has 0 spiro atoms. The van der Waals surface area contributed by atoms with E-state index in [-0.39, 0.29) is 0 Å². The molecule has 0 unspecified atom stereocenters. The molecule has 2 heterocycles. The van der Waals surface area contributed by atoms with E-state index in [0.717, 1.165) is 17.1 Å². The van der Waals surface area contributed by atoms with Crippen molar-refractivity contribution in [1.82, 2.24) is 9.97 Å². The Morgan fingerprint density at radius 3 is 2.06 bits per heavy atom. The van der Waals surface area contributed by atoms with Crippen molar-refractivity contribution in [3.05, 3.63) is 61.3 Å². The van der Waals surface area contributed by atoms with Gasteiger partial charge in [-0.15, -0.1) is 0 Å². The summed E-state index contributed by atoms with van der Waals surface area (Å²) in [6.45, 7) is 4.61. The highest BCUT2D eigenvalue weighted by Crippen LogP contribution is 2.08. The van der Waals surface area contributed by atoms with Gasteiger partial charge in [0.15, 0.2) is 0 Å². The predicted octanol–water partition coefficient (Wildman–Crippen LogP) is 2.51. The minimum Gasteiger partial charge on any atom is -0.379 e. The van der Waals surface area contributed by atoms with Crippen LogP contribution in [0.3, 0.4) is 0 Å². The van der Waals surface area contributed by atoms with E-state index in [9.17, 15) is 0 Å². The molecule has 0 aliphatic rings. The first kappa shape index (κ1) is 11.1. The van der Waals surface area contributed by atoms with Crippen LogP contribution in [0, 0.1) is 0 Å². The molecule has 2 aromatic heterocycles. The molecule has 4 heteroatoms. The molecule has 0 saturated carbocycles. The fourth-order valence-electron chi connectivity index (χ4n) is 1.36. The number of nitrogens with zero attached hydrogens (tertiary/aromatic N) is 2. The van der Waals surface area contributed by atoms with Gasteiger partial charge >= 0.3 is 0 Å². The molecule has 0 amide bonds. The van der Waals surface area contributed by atoms with Gasteiger partial charge in [-0.05, 0) is 24.3 Å². The van der Waals surface area contributed by atoms with E-state index in [1.807, 2.05) is 24.3 Å². The molecule has 86 valence electrons. The number of hydrogen-bond acceptors (Lipinski definition) is 4. The Labute approximate surface area is 100 Å². The lowest BCUT2D eigenvalue weighted by atomic mass is 10.3. The summed E-state index contributed by atoms with van der Waals surface area (Å²) in [6.07, 6.45) is 6.99. The number of anilines is 2. The number of aromatic nitrogens is 2. The van der Waals surface area contributed by atoms with Crippen LogP contribution in [0.2, 0.25) is 0 Å². The van der Waals surface area contributed by atoms with Crippen LogP contribution in [-0.2, 0) is 0 Å². The summed E-state index contributed by atoms with van der Waals surface area (Å²) in [5.74, 6) is 0. The summed E-state index contributed by atoms with van der Waals surface area (Å²) in [5, 5.41) is 6.45. The van der Waals surface area contributed by atoms with E-state index in [1.165, 1.54) is 0 Å². The van der Waals surface area contributed by atoms with Crippen LogP contribution < -0.4 is 10.6 Å². The lowest BCUT2D eigenvalue weighted by Gasteiger charge is -2.11. The molecule has 4 nitrogen and oxygen atoms in total. The van der Waals surface area contributed by atoms with Crippen LogP contribution in [0.5, 0.6) is 0 Å². The third kappa shape index (κ3) is 3.61. The van der Waals surface area contributed by atoms with Gasteiger partial charge < -0.3 is 10.6 Å². The van der Waals surface area contributed by atoms with E-state index in [0.29, 0.717) is 6.54 Å². The molecule has 17 heavy (non-hydrogen) atoms. The standard InChI is InChI=1S/C13H14N4/c1-11(17-13-4-8-15-9-5-13)10-16-12-2-6-14-7-3-12/h2-9H,1,10H2,(H,14,16)(H,15,17). The monoisotopic (exact) mass is 226 g/mol. The summed E-state index contributed by atoms with van der Waals surface area (Å²) in [6, 6.07) is 7.63. The predicted molar refractivity (Wildman–Crippen MR) is 69.7 cm³/mol. The average molecular weight is 226 g/mol. The van der Waals surface area contributed by atoms with Crippen LogP contribution in [0.15, 0.2) is 61.3 Å². The topological polar surface area (TPSA) is 49.8 Å². The first-order valence-corrected chi connectivity index (χ1v) is 5.33. The third-order valence-electron chi connectivity index (χ3n) is 2.19. The Morgan fingerprint density at radius 2 is 1.47 bits per heavy atom. The van der Waals surface area contributed by atoms with Gasteiger partial charge in [0, 0.05) is 41.9 Å². The quantitative estimate of drug-likeness (QED) is 0.822. The first-order chi connectivity index (χ1) is 8.34. The summed E-state index contributed by atoms with van der Waals surface area (Å²) < 4.78 is 0. The average Bonchev–Trinajstić information content (AvgIpc) is 2.39. The zero-order valence-corrected chi connectivity index (χ0v) is 9.43. The molecular formula is C13H14N4. The maximum absolute atomic E-state index is 3.96. The number of rotatable bonds is 5. The zero-order valence-electron chi connectivity index (χ0n) is 9.43. The largest absolute Gasteiger partial charge is 0.379 e. The van der Waals surface area contributed by atoms with Crippen LogP contribution in [0.4, 0.5) is 11.4 Å². The number of pyridine rings is 2. The molecule has 2 rings (SSSR count). The molecule has 0 aromatic carbocycles. The van der Waals surface area contributed by atoms with Crippen molar-refractivity contribution >= 4 is 11.4 Å². The Balaban J connectivity index is 1.83. The van der Waals surface area contributed by atoms with E-state index in [2.05, 4.69) is 27.2 Å². The van der Waals surface area contributed by atoms with E-state index in [4.69, 9.17) is 0 Å². The van der Waals surface area contributed by atoms with Gasteiger partial charge in [0.25, 0.3) is 0 Å². The maximum atomic E-state index is 3.96. The highest BCUT2D eigenvalue weighted by molar-refractivity contribution is 5.48. The second kappa shape index (κ2) is 5.65. The van der Waals surface area contributed by atoms with Crippen molar-refractivity contribution in [2.45, 2.75) is 0 Å². The maximum Gasteiger partial charge on any atom is 0.0545 e. The van der Waals surface area contributed by atoms with Gasteiger partial charge in [0.1, 0.15) is 0 Å². The van der Waals surface area contributed by atoms with E-state index < -0.39 is 0 Å². The van der Waals surface area contributed by atoms with Gasteiger partial charge in [-0.25, -0.2) is 0 Å². The zero-order chi connectivity index (χ0) is 11.9. The van der Waals surface area contributed by atoms with Crippen molar-refractivity contribution in [1.29, 1.82) is 0 Å². The fraction of sp³-hybridized carbons (Fsp3) is 0.0769. The molecule has 2 aromatic rings. The summed E-state index contributed by atoms with van der Waals surface area (Å²) in [7, 11) is 0. The minimum atomic E-state index is 0.659. The molecule has 0 aliphatic heterocycles. The second-order valence-corrected chi connectivity index (χ2v) is 3.55. The number of hydrogen-bond donors (Lipinski definition) is 2. The second-order valence-electron chi connectivity index (χ2n) is 3.55. The fourth-order valence-corrected chi connectivity index (χ4v) is 1.36. The first-order valence-electron chi connectivity index (χ1n) is 5.33. The van der Waals surface area contributed by atoms with Crippen molar-refractivity contribution in [3.63, 3.8) is 0 Å². The van der Waals surface area contributed by atoms with Crippen molar-refractivity contribution in [2.75, 3.05) is 17.2 Å². The Kier molecular flexibility index (Phi) is 3.70. The molecule has 0 radical (unpaired) electrons. The van der Waals surface area contributed by atoms with Crippen LogP contribution in [0.25, 0.3) is 0 Å². The molecule has 2 N–H and O–H groups in total. The van der Waals surface area contributed by atoms with Crippen LogP contribution >= 0.6 is 0 Å². The van der Waals surface area contributed by atoms with Gasteiger partial charge in [-0.2, -0.15) is 0 Å². The highest BCUT2D eigenvalue weighted by Gasteiger charge is 1.95. The Morgan fingerprint density at radius 1 is 0.941 bits per heavy atom. The van der Waals surface area contributed by atoms with Crippen molar-refractivity contribution < 1.29 is 0 Å². The smallest absolute Gasteiger partial charge is 0.0545 e.